The Labute approximate surface area is 79.3 Å². The molecule has 1 aliphatic rings. The number of esters is 1. The maximum atomic E-state index is 11.4. The van der Waals surface area contributed by atoms with Crippen LogP contribution in [0.5, 0.6) is 0 Å². The van der Waals surface area contributed by atoms with Crippen LogP contribution in [-0.2, 0) is 9.53 Å². The lowest BCUT2D eigenvalue weighted by Gasteiger charge is -2.18. The van der Waals surface area contributed by atoms with Crippen LogP contribution in [0.15, 0.2) is 24.0 Å². The predicted octanol–water partition coefficient (Wildman–Crippen LogP) is 2.81. The SMILES string of the molecule is CC(C)(C)C(=O)OC1=CC=CCC1. The summed E-state index contributed by atoms with van der Waals surface area (Å²) < 4.78 is 5.23. The minimum absolute atomic E-state index is 0.158. The lowest BCUT2D eigenvalue weighted by Crippen LogP contribution is -2.22. The highest BCUT2D eigenvalue weighted by molar-refractivity contribution is 5.76. The molecule has 0 aliphatic heterocycles. The van der Waals surface area contributed by atoms with Gasteiger partial charge in [0.1, 0.15) is 5.76 Å². The molecule has 0 radical (unpaired) electrons. The van der Waals surface area contributed by atoms with E-state index < -0.39 is 5.41 Å². The van der Waals surface area contributed by atoms with E-state index in [4.69, 9.17) is 4.74 Å². The Morgan fingerprint density at radius 3 is 2.62 bits per heavy atom. The van der Waals surface area contributed by atoms with E-state index in [-0.39, 0.29) is 5.97 Å². The molecule has 0 N–H and O–H groups in total. The molecule has 2 heteroatoms. The quantitative estimate of drug-likeness (QED) is 0.580. The summed E-state index contributed by atoms with van der Waals surface area (Å²) in [7, 11) is 0. The van der Waals surface area contributed by atoms with Crippen molar-refractivity contribution in [2.24, 2.45) is 5.41 Å². The normalized spacial score (nSPS) is 16.7. The van der Waals surface area contributed by atoms with Crippen LogP contribution in [0.25, 0.3) is 0 Å². The van der Waals surface area contributed by atoms with Crippen LogP contribution in [0.1, 0.15) is 33.6 Å². The highest BCUT2D eigenvalue weighted by atomic mass is 16.5. The van der Waals surface area contributed by atoms with E-state index in [1.807, 2.05) is 32.9 Å². The van der Waals surface area contributed by atoms with Crippen molar-refractivity contribution in [3.8, 4) is 0 Å². The van der Waals surface area contributed by atoms with Gasteiger partial charge < -0.3 is 4.74 Å². The fourth-order valence-corrected chi connectivity index (χ4v) is 0.938. The third kappa shape index (κ3) is 3.05. The van der Waals surface area contributed by atoms with E-state index in [1.165, 1.54) is 0 Å². The second-order valence-electron chi connectivity index (χ2n) is 4.24. The van der Waals surface area contributed by atoms with Crippen LogP contribution in [0.2, 0.25) is 0 Å². The molecule has 0 aromatic carbocycles. The average Bonchev–Trinajstić information content (AvgIpc) is 2.04. The Bertz CT molecular complexity index is 254. The molecular formula is C11H16O2. The molecule has 1 aliphatic carbocycles. The largest absolute Gasteiger partial charge is 0.431 e. The Kier molecular flexibility index (Phi) is 2.91. The van der Waals surface area contributed by atoms with Gasteiger partial charge in [-0.2, -0.15) is 0 Å². The van der Waals surface area contributed by atoms with Crippen molar-refractivity contribution in [2.75, 3.05) is 0 Å². The van der Waals surface area contributed by atoms with Crippen molar-refractivity contribution in [1.29, 1.82) is 0 Å². The number of allylic oxidation sites excluding steroid dienone is 4. The number of ether oxygens (including phenoxy) is 1. The summed E-state index contributed by atoms with van der Waals surface area (Å²) in [6.07, 6.45) is 7.64. The summed E-state index contributed by atoms with van der Waals surface area (Å²) in [6.45, 7) is 5.57. The minimum Gasteiger partial charge on any atom is -0.431 e. The van der Waals surface area contributed by atoms with Crippen LogP contribution in [0.3, 0.4) is 0 Å². The molecule has 0 aromatic heterocycles. The van der Waals surface area contributed by atoms with E-state index in [1.54, 1.807) is 0 Å². The van der Waals surface area contributed by atoms with Gasteiger partial charge >= 0.3 is 5.97 Å². The van der Waals surface area contributed by atoms with Gasteiger partial charge in [0.25, 0.3) is 0 Å². The standard InChI is InChI=1S/C11H16O2/c1-11(2,3)10(12)13-9-7-5-4-6-8-9/h4-5,7H,6,8H2,1-3H3. The van der Waals surface area contributed by atoms with Crippen LogP contribution >= 0.6 is 0 Å². The Morgan fingerprint density at radius 1 is 1.46 bits per heavy atom. The van der Waals surface area contributed by atoms with E-state index in [0.717, 1.165) is 18.6 Å². The van der Waals surface area contributed by atoms with Crippen LogP contribution in [-0.4, -0.2) is 5.97 Å². The zero-order valence-corrected chi connectivity index (χ0v) is 8.46. The lowest BCUT2D eigenvalue weighted by atomic mass is 9.97. The number of hydrogen-bond donors (Lipinski definition) is 0. The van der Waals surface area contributed by atoms with Crippen molar-refractivity contribution in [3.63, 3.8) is 0 Å². The first-order valence-electron chi connectivity index (χ1n) is 4.58. The van der Waals surface area contributed by atoms with Crippen molar-refractivity contribution < 1.29 is 9.53 Å². The zero-order chi connectivity index (χ0) is 9.90. The van der Waals surface area contributed by atoms with Crippen LogP contribution in [0, 0.1) is 5.41 Å². The van der Waals surface area contributed by atoms with Gasteiger partial charge in [-0.1, -0.05) is 12.2 Å². The highest BCUT2D eigenvalue weighted by Gasteiger charge is 2.24. The summed E-state index contributed by atoms with van der Waals surface area (Å²) in [5.74, 6) is 0.622. The molecule has 0 unspecified atom stereocenters. The maximum Gasteiger partial charge on any atom is 0.316 e. The third-order valence-corrected chi connectivity index (χ3v) is 1.81. The lowest BCUT2D eigenvalue weighted by molar-refractivity contribution is -0.148. The van der Waals surface area contributed by atoms with Gasteiger partial charge in [0.05, 0.1) is 5.41 Å². The Hall–Kier alpha value is -1.05. The minimum atomic E-state index is -0.415. The molecule has 0 fully saturated rings. The first-order chi connectivity index (χ1) is 6.00. The first kappa shape index (κ1) is 10.0. The molecule has 0 saturated heterocycles. The summed E-state index contributed by atoms with van der Waals surface area (Å²) in [4.78, 5) is 11.4. The predicted molar refractivity (Wildman–Crippen MR) is 52.0 cm³/mol. The monoisotopic (exact) mass is 180 g/mol. The molecule has 2 nitrogen and oxygen atoms in total. The maximum absolute atomic E-state index is 11.4. The van der Waals surface area contributed by atoms with Gasteiger partial charge in [-0.3, -0.25) is 4.79 Å². The number of hydrogen-bond acceptors (Lipinski definition) is 2. The zero-order valence-electron chi connectivity index (χ0n) is 8.46. The average molecular weight is 180 g/mol. The van der Waals surface area contributed by atoms with E-state index >= 15 is 0 Å². The molecule has 0 bridgehead atoms. The summed E-state index contributed by atoms with van der Waals surface area (Å²) in [5.41, 5.74) is -0.415. The third-order valence-electron chi connectivity index (χ3n) is 1.81. The molecule has 0 aromatic rings. The van der Waals surface area contributed by atoms with Crippen molar-refractivity contribution in [1.82, 2.24) is 0 Å². The molecule has 72 valence electrons. The van der Waals surface area contributed by atoms with Gasteiger partial charge in [-0.05, 0) is 33.3 Å². The van der Waals surface area contributed by atoms with Gasteiger partial charge in [0, 0.05) is 6.42 Å². The first-order valence-corrected chi connectivity index (χ1v) is 4.58. The van der Waals surface area contributed by atoms with Crippen molar-refractivity contribution in [2.45, 2.75) is 33.6 Å². The fourth-order valence-electron chi connectivity index (χ4n) is 0.938. The second kappa shape index (κ2) is 3.77. The summed E-state index contributed by atoms with van der Waals surface area (Å²) in [6, 6.07) is 0. The fraction of sp³-hybridized carbons (Fsp3) is 0.545. The molecule has 13 heavy (non-hydrogen) atoms. The summed E-state index contributed by atoms with van der Waals surface area (Å²) >= 11 is 0. The highest BCUT2D eigenvalue weighted by Crippen LogP contribution is 2.20. The second-order valence-corrected chi connectivity index (χ2v) is 4.24. The summed E-state index contributed by atoms with van der Waals surface area (Å²) in [5, 5.41) is 0. The van der Waals surface area contributed by atoms with E-state index in [2.05, 4.69) is 6.08 Å². The molecule has 1 rings (SSSR count). The molecule has 0 saturated carbocycles. The molecule has 0 spiro atoms. The number of carbonyl (C=O) groups excluding carboxylic acids is 1. The van der Waals surface area contributed by atoms with Crippen LogP contribution < -0.4 is 0 Å². The topological polar surface area (TPSA) is 26.3 Å². The molecule has 0 amide bonds. The van der Waals surface area contributed by atoms with Crippen LogP contribution in [0.4, 0.5) is 0 Å². The Morgan fingerprint density at radius 2 is 2.15 bits per heavy atom. The Balaban J connectivity index is 2.54. The van der Waals surface area contributed by atoms with Gasteiger partial charge in [0.15, 0.2) is 0 Å². The molecular weight excluding hydrogens is 164 g/mol. The van der Waals surface area contributed by atoms with E-state index in [0.29, 0.717) is 0 Å². The van der Waals surface area contributed by atoms with Crippen molar-refractivity contribution in [3.05, 3.63) is 24.0 Å². The van der Waals surface area contributed by atoms with E-state index in [9.17, 15) is 4.79 Å². The number of carbonyl (C=O) groups is 1. The molecule has 0 atom stereocenters. The van der Waals surface area contributed by atoms with Crippen molar-refractivity contribution >= 4 is 5.97 Å². The number of rotatable bonds is 1. The van der Waals surface area contributed by atoms with Gasteiger partial charge in [-0.15, -0.1) is 0 Å². The van der Waals surface area contributed by atoms with Gasteiger partial charge in [-0.25, -0.2) is 0 Å². The van der Waals surface area contributed by atoms with Gasteiger partial charge in [0.2, 0.25) is 0 Å². The molecule has 0 heterocycles. The smallest absolute Gasteiger partial charge is 0.316 e.